The van der Waals surface area contributed by atoms with Gasteiger partial charge >= 0.3 is 0 Å². The number of nitrogens with zero attached hydrogens (tertiary/aromatic N) is 5. The predicted octanol–water partition coefficient (Wildman–Crippen LogP) is 3.77. The Kier molecular flexibility index (Phi) is 5.09. The molecule has 1 aliphatic heterocycles. The van der Waals surface area contributed by atoms with Crippen LogP contribution >= 0.6 is 0 Å². The fraction of sp³-hybridized carbons (Fsp3) is 0.208. The highest BCUT2D eigenvalue weighted by Crippen LogP contribution is 2.31. The molecule has 2 aromatic carbocycles. The average Bonchev–Trinajstić information content (AvgIpc) is 2.80. The molecule has 5 rings (SSSR count). The summed E-state index contributed by atoms with van der Waals surface area (Å²) in [4.78, 5) is 18.0. The summed E-state index contributed by atoms with van der Waals surface area (Å²) in [6, 6.07) is 18.6. The molecule has 156 valence electrons. The molecule has 0 atom stereocenters. The van der Waals surface area contributed by atoms with Crippen LogP contribution in [0.3, 0.4) is 0 Å². The van der Waals surface area contributed by atoms with Gasteiger partial charge < -0.3 is 20.9 Å². The van der Waals surface area contributed by atoms with E-state index in [2.05, 4.69) is 67.4 Å². The molecule has 7 heteroatoms. The maximum atomic E-state index is 5.89. The van der Waals surface area contributed by atoms with Crippen LogP contribution in [0.15, 0.2) is 67.0 Å². The van der Waals surface area contributed by atoms with Crippen molar-refractivity contribution in [3.8, 4) is 11.1 Å². The quantitative estimate of drug-likeness (QED) is 0.529. The van der Waals surface area contributed by atoms with E-state index in [1.165, 1.54) is 5.69 Å². The Bertz CT molecular complexity index is 1200. The van der Waals surface area contributed by atoms with Crippen LogP contribution in [0.5, 0.6) is 0 Å². The number of piperazine rings is 1. The van der Waals surface area contributed by atoms with E-state index < -0.39 is 0 Å². The number of para-hydroxylation sites is 1. The van der Waals surface area contributed by atoms with Crippen LogP contribution in [0.25, 0.3) is 22.0 Å². The largest absolute Gasteiger partial charge is 0.369 e. The number of nitrogens with two attached hydrogens (primary N) is 1. The van der Waals surface area contributed by atoms with Gasteiger partial charge in [0.15, 0.2) is 0 Å². The Labute approximate surface area is 181 Å². The standard InChI is InChI=1S/C24H25N7/c1-30-10-12-31(13-11-30)20-8-6-17(7-9-20)21-16-27-24(25)29-23(21)28-19-14-18-4-2-3-5-22(18)26-15-19/h2-9,14-16H,10-13H2,1H3,(H3,25,27,28,29). The number of pyridine rings is 1. The van der Waals surface area contributed by atoms with Crippen LogP contribution < -0.4 is 16.0 Å². The average molecular weight is 412 g/mol. The Morgan fingerprint density at radius 2 is 1.68 bits per heavy atom. The lowest BCUT2D eigenvalue weighted by Gasteiger charge is -2.34. The van der Waals surface area contributed by atoms with Crippen molar-refractivity contribution in [2.75, 3.05) is 49.2 Å². The van der Waals surface area contributed by atoms with Gasteiger partial charge in [0.1, 0.15) is 5.82 Å². The molecule has 0 bridgehead atoms. The third-order valence-corrected chi connectivity index (χ3v) is 5.71. The van der Waals surface area contributed by atoms with E-state index in [0.717, 1.165) is 53.9 Å². The van der Waals surface area contributed by atoms with Crippen molar-refractivity contribution in [1.82, 2.24) is 19.9 Å². The molecule has 3 heterocycles. The van der Waals surface area contributed by atoms with Gasteiger partial charge in [0.25, 0.3) is 0 Å². The van der Waals surface area contributed by atoms with E-state index in [1.807, 2.05) is 24.3 Å². The van der Waals surface area contributed by atoms with Crippen molar-refractivity contribution in [3.63, 3.8) is 0 Å². The smallest absolute Gasteiger partial charge is 0.221 e. The summed E-state index contributed by atoms with van der Waals surface area (Å²) in [5.41, 5.74) is 10.9. The maximum absolute atomic E-state index is 5.89. The zero-order valence-electron chi connectivity index (χ0n) is 17.5. The van der Waals surface area contributed by atoms with Gasteiger partial charge in [-0.05, 0) is 36.9 Å². The molecule has 0 radical (unpaired) electrons. The van der Waals surface area contributed by atoms with Gasteiger partial charge in [-0.25, -0.2) is 4.98 Å². The van der Waals surface area contributed by atoms with Crippen molar-refractivity contribution < 1.29 is 0 Å². The first-order valence-electron chi connectivity index (χ1n) is 10.4. The minimum atomic E-state index is 0.231. The maximum Gasteiger partial charge on any atom is 0.221 e. The SMILES string of the molecule is CN1CCN(c2ccc(-c3cnc(N)nc3Nc3cnc4ccccc4c3)cc2)CC1. The summed E-state index contributed by atoms with van der Waals surface area (Å²) in [5.74, 6) is 0.894. The van der Waals surface area contributed by atoms with E-state index in [9.17, 15) is 0 Å². The third-order valence-electron chi connectivity index (χ3n) is 5.71. The molecule has 0 spiro atoms. The van der Waals surface area contributed by atoms with Crippen molar-refractivity contribution in [3.05, 3.63) is 67.0 Å². The number of hydrogen-bond donors (Lipinski definition) is 2. The van der Waals surface area contributed by atoms with E-state index >= 15 is 0 Å². The van der Waals surface area contributed by atoms with Crippen molar-refractivity contribution >= 4 is 34.0 Å². The van der Waals surface area contributed by atoms with Gasteiger partial charge in [0, 0.05) is 49.0 Å². The fourth-order valence-electron chi connectivity index (χ4n) is 3.89. The number of rotatable bonds is 4. The Balaban J connectivity index is 1.43. The molecule has 1 saturated heterocycles. The number of nitrogens with one attached hydrogen (secondary N) is 1. The molecule has 1 fully saturated rings. The number of anilines is 4. The van der Waals surface area contributed by atoms with Crippen LogP contribution in [0.4, 0.5) is 23.1 Å². The van der Waals surface area contributed by atoms with E-state index in [4.69, 9.17) is 5.73 Å². The van der Waals surface area contributed by atoms with Crippen LogP contribution in [0.1, 0.15) is 0 Å². The first-order valence-corrected chi connectivity index (χ1v) is 10.4. The normalized spacial score (nSPS) is 14.7. The highest BCUT2D eigenvalue weighted by atomic mass is 15.2. The molecule has 0 amide bonds. The topological polar surface area (TPSA) is 83.2 Å². The molecule has 7 nitrogen and oxygen atoms in total. The summed E-state index contributed by atoms with van der Waals surface area (Å²) in [6.45, 7) is 4.26. The van der Waals surface area contributed by atoms with E-state index in [0.29, 0.717) is 5.82 Å². The lowest BCUT2D eigenvalue weighted by atomic mass is 10.1. The first-order chi connectivity index (χ1) is 15.2. The van der Waals surface area contributed by atoms with E-state index in [1.54, 1.807) is 12.4 Å². The molecular weight excluding hydrogens is 386 g/mol. The number of benzene rings is 2. The number of aromatic nitrogens is 3. The van der Waals surface area contributed by atoms with Crippen LogP contribution in [-0.4, -0.2) is 53.1 Å². The number of nitrogen functional groups attached to an aromatic ring is 1. The zero-order valence-corrected chi connectivity index (χ0v) is 17.5. The van der Waals surface area contributed by atoms with Crippen molar-refractivity contribution in [2.45, 2.75) is 0 Å². The number of fused-ring (bicyclic) bond motifs is 1. The summed E-state index contributed by atoms with van der Waals surface area (Å²) in [6.07, 6.45) is 3.57. The molecule has 31 heavy (non-hydrogen) atoms. The van der Waals surface area contributed by atoms with E-state index in [-0.39, 0.29) is 5.95 Å². The number of hydrogen-bond acceptors (Lipinski definition) is 7. The minimum Gasteiger partial charge on any atom is -0.369 e. The van der Waals surface area contributed by atoms with Gasteiger partial charge in [-0.2, -0.15) is 4.98 Å². The van der Waals surface area contributed by atoms with Gasteiger partial charge in [-0.1, -0.05) is 30.3 Å². The lowest BCUT2D eigenvalue weighted by molar-refractivity contribution is 0.313. The second-order valence-corrected chi connectivity index (χ2v) is 7.87. The third kappa shape index (κ3) is 4.13. The Hall–Kier alpha value is -3.71. The summed E-state index contributed by atoms with van der Waals surface area (Å²) >= 11 is 0. The van der Waals surface area contributed by atoms with Crippen molar-refractivity contribution in [1.29, 1.82) is 0 Å². The Morgan fingerprint density at radius 3 is 2.48 bits per heavy atom. The fourth-order valence-corrected chi connectivity index (χ4v) is 3.89. The van der Waals surface area contributed by atoms with Gasteiger partial charge in [-0.3, -0.25) is 4.98 Å². The van der Waals surface area contributed by atoms with Gasteiger partial charge in [-0.15, -0.1) is 0 Å². The molecule has 3 N–H and O–H groups in total. The molecular formula is C24H25N7. The van der Waals surface area contributed by atoms with Crippen LogP contribution in [0, 0.1) is 0 Å². The summed E-state index contributed by atoms with van der Waals surface area (Å²) < 4.78 is 0. The van der Waals surface area contributed by atoms with Crippen LogP contribution in [-0.2, 0) is 0 Å². The molecule has 0 unspecified atom stereocenters. The minimum absolute atomic E-state index is 0.231. The molecule has 0 saturated carbocycles. The zero-order chi connectivity index (χ0) is 21.2. The molecule has 0 aliphatic carbocycles. The lowest BCUT2D eigenvalue weighted by Crippen LogP contribution is -2.44. The van der Waals surface area contributed by atoms with Gasteiger partial charge in [0.05, 0.1) is 17.4 Å². The second-order valence-electron chi connectivity index (χ2n) is 7.87. The monoisotopic (exact) mass is 411 g/mol. The highest BCUT2D eigenvalue weighted by Gasteiger charge is 2.15. The van der Waals surface area contributed by atoms with Crippen molar-refractivity contribution in [2.24, 2.45) is 0 Å². The molecule has 1 aliphatic rings. The molecule has 4 aromatic rings. The predicted molar refractivity (Wildman–Crippen MR) is 127 cm³/mol. The summed E-state index contributed by atoms with van der Waals surface area (Å²) in [7, 11) is 2.17. The second kappa shape index (κ2) is 8.20. The summed E-state index contributed by atoms with van der Waals surface area (Å²) in [5, 5.41) is 4.44. The van der Waals surface area contributed by atoms with Crippen LogP contribution in [0.2, 0.25) is 0 Å². The Morgan fingerprint density at radius 1 is 0.903 bits per heavy atom. The molecule has 2 aromatic heterocycles. The highest BCUT2D eigenvalue weighted by molar-refractivity contribution is 5.84. The van der Waals surface area contributed by atoms with Gasteiger partial charge in [0.2, 0.25) is 5.95 Å². The number of likely N-dealkylation sites (N-methyl/N-ethyl adjacent to an activating group) is 1. The first kappa shape index (κ1) is 19.3.